The number of carbonyl (C=O) groups is 2. The molecule has 0 aliphatic carbocycles. The van der Waals surface area contributed by atoms with Gasteiger partial charge >= 0.3 is 0 Å². The molecule has 158 valence electrons. The lowest BCUT2D eigenvalue weighted by atomic mass is 10.1. The Kier molecular flexibility index (Phi) is 6.98. The van der Waals surface area contributed by atoms with Crippen LogP contribution >= 0.6 is 0 Å². The molecule has 0 bridgehead atoms. The van der Waals surface area contributed by atoms with Gasteiger partial charge in [0.05, 0.1) is 5.69 Å². The molecule has 0 fully saturated rings. The zero-order valence-corrected chi connectivity index (χ0v) is 18.0. The summed E-state index contributed by atoms with van der Waals surface area (Å²) in [5.41, 5.74) is 3.23. The van der Waals surface area contributed by atoms with Gasteiger partial charge in [-0.25, -0.2) is 0 Å². The van der Waals surface area contributed by atoms with Gasteiger partial charge in [-0.2, -0.15) is 0 Å². The van der Waals surface area contributed by atoms with Gasteiger partial charge in [0.1, 0.15) is 0 Å². The molecule has 0 saturated carbocycles. The minimum Gasteiger partial charge on any atom is -0.340 e. The molecule has 0 aliphatic rings. The largest absolute Gasteiger partial charge is 0.340 e. The van der Waals surface area contributed by atoms with E-state index in [2.05, 4.69) is 0 Å². The summed E-state index contributed by atoms with van der Waals surface area (Å²) in [4.78, 5) is 41.7. The molecule has 2 amide bonds. The summed E-state index contributed by atoms with van der Waals surface area (Å²) in [5.74, 6) is -0.414. The second-order valence-corrected chi connectivity index (χ2v) is 7.58. The highest BCUT2D eigenvalue weighted by atomic mass is 16.2. The molecule has 0 aliphatic heterocycles. The van der Waals surface area contributed by atoms with Gasteiger partial charge in [-0.05, 0) is 50.2 Å². The van der Waals surface area contributed by atoms with Crippen molar-refractivity contribution >= 4 is 17.5 Å². The smallest absolute Gasteiger partial charge is 0.258 e. The Hall–Kier alpha value is -3.73. The molecule has 0 spiro atoms. The lowest BCUT2D eigenvalue weighted by Gasteiger charge is -2.25. The van der Waals surface area contributed by atoms with Gasteiger partial charge in [-0.15, -0.1) is 0 Å². The Morgan fingerprint density at radius 2 is 1.19 bits per heavy atom. The zero-order chi connectivity index (χ0) is 22.4. The van der Waals surface area contributed by atoms with Crippen molar-refractivity contribution in [1.82, 2.24) is 4.90 Å². The lowest BCUT2D eigenvalue weighted by molar-refractivity contribution is 0.0793. The van der Waals surface area contributed by atoms with Crippen molar-refractivity contribution in [2.75, 3.05) is 25.0 Å². The van der Waals surface area contributed by atoms with Crippen LogP contribution in [0.3, 0.4) is 0 Å². The van der Waals surface area contributed by atoms with Crippen LogP contribution in [0, 0.1) is 13.8 Å². The predicted molar refractivity (Wildman–Crippen MR) is 124 cm³/mol. The van der Waals surface area contributed by atoms with Gasteiger partial charge < -0.3 is 9.80 Å². The third-order valence-electron chi connectivity index (χ3n) is 5.12. The number of carbonyl (C=O) groups excluding carboxylic acids is 2. The van der Waals surface area contributed by atoms with E-state index in [0.717, 1.165) is 11.1 Å². The highest BCUT2D eigenvalue weighted by Gasteiger charge is 2.21. The molecule has 0 N–H and O–H groups in total. The summed E-state index contributed by atoms with van der Waals surface area (Å²) < 4.78 is 0. The fraction of sp³-hybridized carbons (Fsp3) is 0.192. The third kappa shape index (κ3) is 5.45. The van der Waals surface area contributed by atoms with Crippen molar-refractivity contribution in [3.63, 3.8) is 0 Å². The molecule has 0 radical (unpaired) electrons. The van der Waals surface area contributed by atoms with Crippen LogP contribution in [0.5, 0.6) is 0 Å². The lowest BCUT2D eigenvalue weighted by Crippen LogP contribution is -2.41. The van der Waals surface area contributed by atoms with Crippen LogP contribution in [-0.4, -0.2) is 36.9 Å². The van der Waals surface area contributed by atoms with E-state index in [4.69, 9.17) is 0 Å². The van der Waals surface area contributed by atoms with E-state index in [-0.39, 0.29) is 36.0 Å². The molecule has 3 aromatic rings. The zero-order valence-electron chi connectivity index (χ0n) is 18.0. The number of likely N-dealkylation sites (N-methyl/N-ethyl adjacent to an activating group) is 1. The van der Waals surface area contributed by atoms with Crippen LogP contribution in [0.15, 0.2) is 83.7 Å². The van der Waals surface area contributed by atoms with Crippen LogP contribution < -0.4 is 10.3 Å². The fourth-order valence-corrected chi connectivity index (χ4v) is 3.20. The van der Waals surface area contributed by atoms with E-state index in [1.807, 2.05) is 38.1 Å². The van der Waals surface area contributed by atoms with Crippen molar-refractivity contribution in [2.45, 2.75) is 13.8 Å². The summed E-state index contributed by atoms with van der Waals surface area (Å²) in [6.07, 6.45) is 0. The first-order valence-corrected chi connectivity index (χ1v) is 10.2. The third-order valence-corrected chi connectivity index (χ3v) is 5.12. The first-order valence-electron chi connectivity index (χ1n) is 10.2. The van der Waals surface area contributed by atoms with Gasteiger partial charge in [-0.3, -0.25) is 14.4 Å². The highest BCUT2D eigenvalue weighted by Crippen LogP contribution is 2.14. The Morgan fingerprint density at radius 3 is 1.77 bits per heavy atom. The standard InChI is InChI=1S/C26H26N2O3/c1-19-9-13-21(14-10-19)25(30)27(3)17-18-28(23-7-5-4-6-8-24(23)29)26(31)22-15-11-20(2)12-16-22/h4-16H,17-18H2,1-3H3. The summed E-state index contributed by atoms with van der Waals surface area (Å²) >= 11 is 0. The maximum Gasteiger partial charge on any atom is 0.258 e. The topological polar surface area (TPSA) is 57.7 Å². The molecule has 3 aromatic carbocycles. The van der Waals surface area contributed by atoms with Gasteiger partial charge in [0.15, 0.2) is 0 Å². The van der Waals surface area contributed by atoms with Crippen molar-refractivity contribution in [2.24, 2.45) is 0 Å². The average Bonchev–Trinajstić information content (AvgIpc) is 2.98. The van der Waals surface area contributed by atoms with Gasteiger partial charge in [0, 0.05) is 31.3 Å². The number of amides is 2. The Bertz CT molecular complexity index is 1120. The molecule has 31 heavy (non-hydrogen) atoms. The number of benzene rings is 2. The van der Waals surface area contributed by atoms with Crippen molar-refractivity contribution in [1.29, 1.82) is 0 Å². The molecule has 5 heteroatoms. The van der Waals surface area contributed by atoms with Gasteiger partial charge in [0.25, 0.3) is 11.8 Å². The maximum absolute atomic E-state index is 13.3. The van der Waals surface area contributed by atoms with E-state index < -0.39 is 0 Å². The predicted octanol–water partition coefficient (Wildman–Crippen LogP) is 4.08. The minimum absolute atomic E-state index is 0.135. The van der Waals surface area contributed by atoms with E-state index in [0.29, 0.717) is 11.1 Å². The second-order valence-electron chi connectivity index (χ2n) is 7.58. The van der Waals surface area contributed by atoms with Gasteiger partial charge in [0.2, 0.25) is 5.43 Å². The molecule has 0 saturated heterocycles. The molecule has 0 aromatic heterocycles. The summed E-state index contributed by atoms with van der Waals surface area (Å²) in [7, 11) is 1.69. The average molecular weight is 415 g/mol. The minimum atomic E-state index is -0.278. The van der Waals surface area contributed by atoms with E-state index in [1.165, 1.54) is 11.0 Å². The number of hydrogen-bond acceptors (Lipinski definition) is 3. The number of rotatable bonds is 6. The molecule has 0 atom stereocenters. The van der Waals surface area contributed by atoms with Crippen molar-refractivity contribution in [3.05, 3.63) is 111 Å². The van der Waals surface area contributed by atoms with Gasteiger partial charge in [-0.1, -0.05) is 53.6 Å². The molecular formula is C26H26N2O3. The summed E-state index contributed by atoms with van der Waals surface area (Å²) in [5, 5.41) is 0. The van der Waals surface area contributed by atoms with E-state index in [9.17, 15) is 14.4 Å². The van der Waals surface area contributed by atoms with E-state index >= 15 is 0 Å². The Labute approximate surface area is 182 Å². The SMILES string of the molecule is Cc1ccc(C(=O)N(C)CCN(C(=O)c2ccc(C)cc2)c2cccccc2=O)cc1. The molecular weight excluding hydrogens is 388 g/mol. The molecule has 5 nitrogen and oxygen atoms in total. The monoisotopic (exact) mass is 414 g/mol. The van der Waals surface area contributed by atoms with Crippen LogP contribution in [0.4, 0.5) is 5.69 Å². The maximum atomic E-state index is 13.3. The van der Waals surface area contributed by atoms with E-state index in [1.54, 1.807) is 60.5 Å². The molecule has 0 unspecified atom stereocenters. The van der Waals surface area contributed by atoms with Crippen molar-refractivity contribution in [3.8, 4) is 0 Å². The fourth-order valence-electron chi connectivity index (χ4n) is 3.20. The van der Waals surface area contributed by atoms with Crippen LogP contribution in [0.2, 0.25) is 0 Å². The quantitative estimate of drug-likeness (QED) is 0.611. The second kappa shape index (κ2) is 9.85. The van der Waals surface area contributed by atoms with Crippen LogP contribution in [0.1, 0.15) is 31.8 Å². The first kappa shape index (κ1) is 22.0. The number of hydrogen-bond donors (Lipinski definition) is 0. The Morgan fingerprint density at radius 1 is 0.677 bits per heavy atom. The highest BCUT2D eigenvalue weighted by molar-refractivity contribution is 6.06. The summed E-state index contributed by atoms with van der Waals surface area (Å²) in [6, 6.07) is 22.8. The Balaban J connectivity index is 1.86. The van der Waals surface area contributed by atoms with Crippen LogP contribution in [0.25, 0.3) is 0 Å². The number of aryl methyl sites for hydroxylation is 2. The molecule has 0 heterocycles. The normalized spacial score (nSPS) is 10.4. The van der Waals surface area contributed by atoms with Crippen LogP contribution in [-0.2, 0) is 0 Å². The number of nitrogens with zero attached hydrogens (tertiary/aromatic N) is 2. The molecule has 3 rings (SSSR count). The first-order chi connectivity index (χ1) is 14.9. The van der Waals surface area contributed by atoms with Crippen molar-refractivity contribution < 1.29 is 9.59 Å². The summed E-state index contributed by atoms with van der Waals surface area (Å²) in [6.45, 7) is 4.39. The number of anilines is 1.